The van der Waals surface area contributed by atoms with Crippen LogP contribution in [0.2, 0.25) is 0 Å². The molecule has 3 unspecified atom stereocenters. The van der Waals surface area contributed by atoms with Gasteiger partial charge >= 0.3 is 0 Å². The van der Waals surface area contributed by atoms with Crippen molar-refractivity contribution in [3.8, 4) is 0 Å². The second-order valence-electron chi connectivity index (χ2n) is 4.64. The van der Waals surface area contributed by atoms with Crippen LogP contribution in [0, 0.1) is 0 Å². The maximum atomic E-state index is 3.75. The quantitative estimate of drug-likeness (QED) is 0.681. The summed E-state index contributed by atoms with van der Waals surface area (Å²) >= 11 is 2.11. The van der Waals surface area contributed by atoms with Gasteiger partial charge in [0.15, 0.2) is 0 Å². The molecule has 1 rings (SSSR count). The molecule has 1 saturated heterocycles. The summed E-state index contributed by atoms with van der Waals surface area (Å²) in [5.41, 5.74) is 0. The summed E-state index contributed by atoms with van der Waals surface area (Å²) in [5.74, 6) is 1.32. The van der Waals surface area contributed by atoms with E-state index in [0.29, 0.717) is 0 Å². The van der Waals surface area contributed by atoms with Crippen molar-refractivity contribution in [1.29, 1.82) is 0 Å². The lowest BCUT2D eigenvalue weighted by Crippen LogP contribution is -2.36. The van der Waals surface area contributed by atoms with Crippen LogP contribution >= 0.6 is 11.8 Å². The molecule has 0 saturated carbocycles. The Hall–Kier alpha value is 0.310. The average molecular weight is 215 g/mol. The average Bonchev–Trinajstić information content (AvgIpc) is 2.52. The van der Waals surface area contributed by atoms with Gasteiger partial charge < -0.3 is 5.32 Å². The highest BCUT2D eigenvalue weighted by Crippen LogP contribution is 2.26. The number of hydrogen-bond acceptors (Lipinski definition) is 2. The lowest BCUT2D eigenvalue weighted by atomic mass is 10.1. The molecule has 0 radical (unpaired) electrons. The molecule has 1 heterocycles. The van der Waals surface area contributed by atoms with Crippen LogP contribution in [0.15, 0.2) is 0 Å². The molecular weight excluding hydrogens is 190 g/mol. The standard InChI is InChI=1S/C12H25NS/c1-4-5-6-7-10(2)13-12-8-11(3)14-9-12/h10-13H,4-9H2,1-3H3. The van der Waals surface area contributed by atoms with Crippen LogP contribution in [0.4, 0.5) is 0 Å². The van der Waals surface area contributed by atoms with Gasteiger partial charge in [-0.1, -0.05) is 33.1 Å². The number of unbranched alkanes of at least 4 members (excludes halogenated alkanes) is 2. The van der Waals surface area contributed by atoms with Crippen LogP contribution in [-0.2, 0) is 0 Å². The summed E-state index contributed by atoms with van der Waals surface area (Å²) in [6.45, 7) is 6.95. The number of nitrogens with one attached hydrogen (secondary N) is 1. The molecule has 1 N–H and O–H groups in total. The molecule has 3 atom stereocenters. The van der Waals surface area contributed by atoms with Gasteiger partial charge in [0.05, 0.1) is 0 Å². The topological polar surface area (TPSA) is 12.0 Å². The molecule has 0 bridgehead atoms. The first kappa shape index (κ1) is 12.4. The summed E-state index contributed by atoms with van der Waals surface area (Å²) < 4.78 is 0. The Morgan fingerprint density at radius 1 is 1.43 bits per heavy atom. The Balaban J connectivity index is 2.05. The molecule has 0 aromatic rings. The fraction of sp³-hybridized carbons (Fsp3) is 1.00. The van der Waals surface area contributed by atoms with E-state index in [1.165, 1.54) is 37.9 Å². The predicted octanol–water partition coefficient (Wildman–Crippen LogP) is 3.44. The zero-order valence-electron chi connectivity index (χ0n) is 9.88. The largest absolute Gasteiger partial charge is 0.311 e. The second kappa shape index (κ2) is 6.73. The summed E-state index contributed by atoms with van der Waals surface area (Å²) in [6, 6.07) is 1.50. The van der Waals surface area contributed by atoms with Gasteiger partial charge in [-0.05, 0) is 19.8 Å². The number of thioether (sulfide) groups is 1. The SMILES string of the molecule is CCCCCC(C)NC1CSC(C)C1. The third kappa shape index (κ3) is 4.70. The van der Waals surface area contributed by atoms with Crippen molar-refractivity contribution in [1.82, 2.24) is 5.32 Å². The van der Waals surface area contributed by atoms with E-state index < -0.39 is 0 Å². The minimum Gasteiger partial charge on any atom is -0.311 e. The van der Waals surface area contributed by atoms with Crippen LogP contribution in [0.3, 0.4) is 0 Å². The van der Waals surface area contributed by atoms with Gasteiger partial charge in [-0.15, -0.1) is 0 Å². The predicted molar refractivity (Wildman–Crippen MR) is 67.1 cm³/mol. The summed E-state index contributed by atoms with van der Waals surface area (Å²) in [5, 5.41) is 4.62. The first-order valence-electron chi connectivity index (χ1n) is 6.10. The van der Waals surface area contributed by atoms with Crippen LogP contribution in [-0.4, -0.2) is 23.1 Å². The molecule has 84 valence electrons. The maximum absolute atomic E-state index is 3.75. The van der Waals surface area contributed by atoms with Crippen LogP contribution in [0.25, 0.3) is 0 Å². The molecule has 0 aromatic heterocycles. The first-order chi connectivity index (χ1) is 6.72. The van der Waals surface area contributed by atoms with E-state index in [2.05, 4.69) is 37.8 Å². The van der Waals surface area contributed by atoms with E-state index in [-0.39, 0.29) is 0 Å². The van der Waals surface area contributed by atoms with Crippen molar-refractivity contribution in [2.45, 2.75) is 70.2 Å². The van der Waals surface area contributed by atoms with Crippen molar-refractivity contribution in [2.75, 3.05) is 5.75 Å². The van der Waals surface area contributed by atoms with E-state index in [9.17, 15) is 0 Å². The Kier molecular flexibility index (Phi) is 5.95. The molecule has 1 nitrogen and oxygen atoms in total. The molecule has 1 aliphatic heterocycles. The van der Waals surface area contributed by atoms with Crippen LogP contribution in [0.1, 0.15) is 52.9 Å². The third-order valence-electron chi connectivity index (χ3n) is 2.96. The van der Waals surface area contributed by atoms with Gasteiger partial charge in [0.2, 0.25) is 0 Å². The van der Waals surface area contributed by atoms with Crippen LogP contribution < -0.4 is 5.32 Å². The van der Waals surface area contributed by atoms with Gasteiger partial charge in [-0.3, -0.25) is 0 Å². The van der Waals surface area contributed by atoms with Gasteiger partial charge in [0, 0.05) is 23.1 Å². The fourth-order valence-electron chi connectivity index (χ4n) is 2.12. The Labute approximate surface area is 93.4 Å². The fourth-order valence-corrected chi connectivity index (χ4v) is 3.28. The molecule has 0 amide bonds. The smallest absolute Gasteiger partial charge is 0.0171 e. The molecule has 1 fully saturated rings. The number of hydrogen-bond donors (Lipinski definition) is 1. The monoisotopic (exact) mass is 215 g/mol. The molecule has 0 spiro atoms. The first-order valence-corrected chi connectivity index (χ1v) is 7.15. The van der Waals surface area contributed by atoms with E-state index in [1.807, 2.05) is 0 Å². The highest BCUT2D eigenvalue weighted by molar-refractivity contribution is 8.00. The van der Waals surface area contributed by atoms with Gasteiger partial charge in [-0.2, -0.15) is 11.8 Å². The van der Waals surface area contributed by atoms with Crippen molar-refractivity contribution >= 4 is 11.8 Å². The highest BCUT2D eigenvalue weighted by Gasteiger charge is 2.22. The molecule has 0 aromatic carbocycles. The van der Waals surface area contributed by atoms with Crippen molar-refractivity contribution in [2.24, 2.45) is 0 Å². The van der Waals surface area contributed by atoms with E-state index in [1.54, 1.807) is 0 Å². The normalized spacial score (nSPS) is 29.4. The Bertz CT molecular complexity index is 149. The van der Waals surface area contributed by atoms with Crippen molar-refractivity contribution in [3.63, 3.8) is 0 Å². The Morgan fingerprint density at radius 2 is 2.21 bits per heavy atom. The highest BCUT2D eigenvalue weighted by atomic mass is 32.2. The van der Waals surface area contributed by atoms with Crippen molar-refractivity contribution in [3.05, 3.63) is 0 Å². The second-order valence-corrected chi connectivity index (χ2v) is 6.11. The van der Waals surface area contributed by atoms with Gasteiger partial charge in [-0.25, -0.2) is 0 Å². The van der Waals surface area contributed by atoms with Gasteiger partial charge in [0.25, 0.3) is 0 Å². The maximum Gasteiger partial charge on any atom is 0.0171 e. The lowest BCUT2D eigenvalue weighted by molar-refractivity contribution is 0.429. The zero-order chi connectivity index (χ0) is 10.4. The summed E-state index contributed by atoms with van der Waals surface area (Å²) in [4.78, 5) is 0. The Morgan fingerprint density at radius 3 is 2.79 bits per heavy atom. The summed E-state index contributed by atoms with van der Waals surface area (Å²) in [6.07, 6.45) is 6.83. The van der Waals surface area contributed by atoms with Crippen molar-refractivity contribution < 1.29 is 0 Å². The van der Waals surface area contributed by atoms with E-state index in [4.69, 9.17) is 0 Å². The minimum absolute atomic E-state index is 0.720. The molecule has 0 aliphatic carbocycles. The molecular formula is C12H25NS. The van der Waals surface area contributed by atoms with Crippen LogP contribution in [0.5, 0.6) is 0 Å². The van der Waals surface area contributed by atoms with E-state index >= 15 is 0 Å². The van der Waals surface area contributed by atoms with Gasteiger partial charge in [0.1, 0.15) is 0 Å². The number of rotatable bonds is 6. The molecule has 1 aliphatic rings. The lowest BCUT2D eigenvalue weighted by Gasteiger charge is -2.18. The van der Waals surface area contributed by atoms with E-state index in [0.717, 1.165) is 17.3 Å². The molecule has 2 heteroatoms. The minimum atomic E-state index is 0.720. The molecule has 14 heavy (non-hydrogen) atoms. The third-order valence-corrected chi connectivity index (χ3v) is 4.32. The summed E-state index contributed by atoms with van der Waals surface area (Å²) in [7, 11) is 0. The zero-order valence-corrected chi connectivity index (χ0v) is 10.7.